The van der Waals surface area contributed by atoms with E-state index in [1.807, 2.05) is 6.26 Å². The Hall–Kier alpha value is -1.02. The van der Waals surface area contributed by atoms with Gasteiger partial charge in [-0.25, -0.2) is 0 Å². The first kappa shape index (κ1) is 15.9. The van der Waals surface area contributed by atoms with Crippen molar-refractivity contribution in [3.05, 3.63) is 36.3 Å². The molecule has 0 unspecified atom stereocenters. The first-order valence-corrected chi connectivity index (χ1v) is 8.79. The van der Waals surface area contributed by atoms with Gasteiger partial charge in [-0.3, -0.25) is 0 Å². The number of allylic oxidation sites excluding steroid dienone is 1. The lowest BCUT2D eigenvalue weighted by molar-refractivity contribution is -0.0858. The zero-order chi connectivity index (χ0) is 15.8. The standard InChI is InChI=1S/C20H30O2/c1-15-5-8-18-19(2,14-21)10-4-11-20(18,3)17(15)7-6-16-9-12-22-13-16/h9,12-13,17-18,21H,1,4-8,10-11,14H2,2-3H3/t17-,18+,19+,20+/m1/s1. The van der Waals surface area contributed by atoms with E-state index in [0.29, 0.717) is 23.9 Å². The molecule has 1 heterocycles. The molecule has 3 rings (SSSR count). The highest BCUT2D eigenvalue weighted by molar-refractivity contribution is 5.17. The fourth-order valence-corrected chi connectivity index (χ4v) is 5.55. The molecule has 0 amide bonds. The Morgan fingerprint density at radius 1 is 1.36 bits per heavy atom. The molecule has 2 fully saturated rings. The Morgan fingerprint density at radius 3 is 2.86 bits per heavy atom. The summed E-state index contributed by atoms with van der Waals surface area (Å²) in [7, 11) is 0. The van der Waals surface area contributed by atoms with Gasteiger partial charge < -0.3 is 9.52 Å². The summed E-state index contributed by atoms with van der Waals surface area (Å²) in [5.74, 6) is 1.20. The van der Waals surface area contributed by atoms with Gasteiger partial charge in [-0.15, -0.1) is 0 Å². The minimum Gasteiger partial charge on any atom is -0.472 e. The average Bonchev–Trinajstić information content (AvgIpc) is 2.99. The number of furan rings is 1. The lowest BCUT2D eigenvalue weighted by Gasteiger charge is -2.58. The first-order chi connectivity index (χ1) is 10.5. The quantitative estimate of drug-likeness (QED) is 0.795. The van der Waals surface area contributed by atoms with Crippen LogP contribution >= 0.6 is 0 Å². The van der Waals surface area contributed by atoms with Gasteiger partial charge in [0.15, 0.2) is 0 Å². The molecule has 1 aromatic rings. The van der Waals surface area contributed by atoms with Crippen LogP contribution in [-0.4, -0.2) is 11.7 Å². The highest BCUT2D eigenvalue weighted by atomic mass is 16.3. The number of fused-ring (bicyclic) bond motifs is 1. The maximum Gasteiger partial charge on any atom is 0.0934 e. The van der Waals surface area contributed by atoms with Crippen molar-refractivity contribution in [3.8, 4) is 0 Å². The molecule has 4 atom stereocenters. The number of aryl methyl sites for hydroxylation is 1. The van der Waals surface area contributed by atoms with Crippen molar-refractivity contribution in [1.82, 2.24) is 0 Å². The maximum absolute atomic E-state index is 10.0. The van der Waals surface area contributed by atoms with E-state index < -0.39 is 0 Å². The third kappa shape index (κ3) is 2.56. The summed E-state index contributed by atoms with van der Waals surface area (Å²) < 4.78 is 5.21. The Morgan fingerprint density at radius 2 is 2.18 bits per heavy atom. The zero-order valence-corrected chi connectivity index (χ0v) is 14.1. The molecule has 122 valence electrons. The van der Waals surface area contributed by atoms with Crippen LogP contribution in [-0.2, 0) is 6.42 Å². The summed E-state index contributed by atoms with van der Waals surface area (Å²) in [4.78, 5) is 0. The molecule has 0 aliphatic heterocycles. The molecule has 2 nitrogen and oxygen atoms in total. The van der Waals surface area contributed by atoms with Crippen molar-refractivity contribution >= 4 is 0 Å². The number of rotatable bonds is 4. The molecule has 0 aromatic carbocycles. The number of hydrogen-bond donors (Lipinski definition) is 1. The molecule has 22 heavy (non-hydrogen) atoms. The van der Waals surface area contributed by atoms with Crippen LogP contribution in [0.4, 0.5) is 0 Å². The van der Waals surface area contributed by atoms with Crippen molar-refractivity contribution in [2.45, 2.75) is 58.8 Å². The van der Waals surface area contributed by atoms with Crippen molar-refractivity contribution in [2.75, 3.05) is 6.61 Å². The van der Waals surface area contributed by atoms with Crippen molar-refractivity contribution in [1.29, 1.82) is 0 Å². The topological polar surface area (TPSA) is 33.4 Å². The molecule has 0 saturated heterocycles. The first-order valence-electron chi connectivity index (χ1n) is 8.79. The predicted octanol–water partition coefficient (Wildman–Crippen LogP) is 4.98. The van der Waals surface area contributed by atoms with E-state index in [1.54, 1.807) is 6.26 Å². The monoisotopic (exact) mass is 302 g/mol. The summed E-state index contributed by atoms with van der Waals surface area (Å²) in [5, 5.41) is 10.0. The predicted molar refractivity (Wildman–Crippen MR) is 89.5 cm³/mol. The molecule has 0 spiro atoms. The van der Waals surface area contributed by atoms with E-state index in [4.69, 9.17) is 4.42 Å². The Kier molecular flexibility index (Phi) is 4.24. The highest BCUT2D eigenvalue weighted by Crippen LogP contribution is 2.61. The normalized spacial score (nSPS) is 38.8. The van der Waals surface area contributed by atoms with E-state index in [2.05, 4.69) is 26.5 Å². The molecular weight excluding hydrogens is 272 g/mol. The van der Waals surface area contributed by atoms with Crippen LogP contribution in [0.3, 0.4) is 0 Å². The summed E-state index contributed by atoms with van der Waals surface area (Å²) >= 11 is 0. The molecule has 1 aromatic heterocycles. The molecule has 0 bridgehead atoms. The number of aliphatic hydroxyl groups excluding tert-OH is 1. The van der Waals surface area contributed by atoms with Crippen molar-refractivity contribution in [2.24, 2.45) is 22.7 Å². The van der Waals surface area contributed by atoms with Crippen LogP contribution in [0.5, 0.6) is 0 Å². The zero-order valence-electron chi connectivity index (χ0n) is 14.1. The maximum atomic E-state index is 10.0. The second-order valence-corrected chi connectivity index (χ2v) is 8.14. The van der Waals surface area contributed by atoms with Crippen LogP contribution in [0.1, 0.15) is 57.9 Å². The summed E-state index contributed by atoms with van der Waals surface area (Å²) in [6.45, 7) is 9.52. The van der Waals surface area contributed by atoms with Crippen LogP contribution in [0.15, 0.2) is 35.2 Å². The van der Waals surface area contributed by atoms with E-state index in [9.17, 15) is 5.11 Å². The summed E-state index contributed by atoms with van der Waals surface area (Å²) in [5.41, 5.74) is 3.12. The minimum atomic E-state index is 0.0988. The fraction of sp³-hybridized carbons (Fsp3) is 0.700. The Bertz CT molecular complexity index is 518. The molecule has 0 radical (unpaired) electrons. The van der Waals surface area contributed by atoms with Gasteiger partial charge in [0.1, 0.15) is 0 Å². The minimum absolute atomic E-state index is 0.0988. The van der Waals surface area contributed by atoms with Crippen LogP contribution < -0.4 is 0 Å². The van der Waals surface area contributed by atoms with E-state index in [-0.39, 0.29) is 5.41 Å². The van der Waals surface area contributed by atoms with Gasteiger partial charge in [-0.2, -0.15) is 0 Å². The number of aliphatic hydroxyl groups is 1. The van der Waals surface area contributed by atoms with Gasteiger partial charge in [0.05, 0.1) is 12.5 Å². The van der Waals surface area contributed by atoms with Crippen LogP contribution in [0.25, 0.3) is 0 Å². The van der Waals surface area contributed by atoms with Gasteiger partial charge in [0.25, 0.3) is 0 Å². The molecule has 1 N–H and O–H groups in total. The third-order valence-corrected chi connectivity index (χ3v) is 6.81. The SMILES string of the molecule is C=C1CC[C@H]2[C@](C)(CO)CCC[C@@]2(C)[C@@H]1CCc1ccoc1. The molecule has 2 heteroatoms. The Balaban J connectivity index is 1.82. The average molecular weight is 302 g/mol. The molecule has 2 aliphatic rings. The van der Waals surface area contributed by atoms with Crippen LogP contribution in [0, 0.1) is 22.7 Å². The molecule has 2 aliphatic carbocycles. The van der Waals surface area contributed by atoms with Gasteiger partial charge in [0.2, 0.25) is 0 Å². The number of hydrogen-bond acceptors (Lipinski definition) is 2. The third-order valence-electron chi connectivity index (χ3n) is 6.81. The van der Waals surface area contributed by atoms with Gasteiger partial charge in [0, 0.05) is 6.61 Å². The van der Waals surface area contributed by atoms with Gasteiger partial charge >= 0.3 is 0 Å². The molecular formula is C20H30O2. The highest BCUT2D eigenvalue weighted by Gasteiger charge is 2.53. The fourth-order valence-electron chi connectivity index (χ4n) is 5.55. The lowest BCUT2D eigenvalue weighted by atomic mass is 9.47. The molecule has 2 saturated carbocycles. The van der Waals surface area contributed by atoms with E-state index >= 15 is 0 Å². The van der Waals surface area contributed by atoms with E-state index in [1.165, 1.54) is 36.8 Å². The Labute approximate surface area is 134 Å². The second kappa shape index (κ2) is 5.88. The van der Waals surface area contributed by atoms with Gasteiger partial charge in [-0.05, 0) is 72.8 Å². The van der Waals surface area contributed by atoms with Crippen molar-refractivity contribution < 1.29 is 9.52 Å². The van der Waals surface area contributed by atoms with Crippen LogP contribution in [0.2, 0.25) is 0 Å². The smallest absolute Gasteiger partial charge is 0.0934 e. The summed E-state index contributed by atoms with van der Waals surface area (Å²) in [6.07, 6.45) is 11.9. The van der Waals surface area contributed by atoms with E-state index in [0.717, 1.165) is 19.3 Å². The lowest BCUT2D eigenvalue weighted by Crippen LogP contribution is -2.51. The van der Waals surface area contributed by atoms with Gasteiger partial charge in [-0.1, -0.05) is 32.4 Å². The van der Waals surface area contributed by atoms with Crippen molar-refractivity contribution in [3.63, 3.8) is 0 Å². The summed E-state index contributed by atoms with van der Waals surface area (Å²) in [6, 6.07) is 2.07. The second-order valence-electron chi connectivity index (χ2n) is 8.14. The largest absolute Gasteiger partial charge is 0.472 e.